The van der Waals surface area contributed by atoms with E-state index in [-0.39, 0.29) is 11.7 Å². The highest BCUT2D eigenvalue weighted by atomic mass is 19.1. The number of hydrogen-bond donors (Lipinski definition) is 4. The summed E-state index contributed by atoms with van der Waals surface area (Å²) in [4.78, 5) is 11.2. The molecule has 2 aromatic carbocycles. The standard InChI is InChI=1S/C22H26FNO6/c1-12-19(26)20(27)21(28)22(29-12)30-17-7-6-14(8-9-24-13(2)25)18(11-17)15-4-3-5-16(23)10-15/h3-7,10-12,19-22,26-28H,8-9H2,1-2H3,(H,24,25)/t12-,19-,20+,21+,22-/m0/s1. The van der Waals surface area contributed by atoms with Crippen LogP contribution in [-0.4, -0.2) is 58.5 Å². The van der Waals surface area contributed by atoms with Gasteiger partial charge in [-0.15, -0.1) is 0 Å². The van der Waals surface area contributed by atoms with E-state index < -0.39 is 30.7 Å². The summed E-state index contributed by atoms with van der Waals surface area (Å²) < 4.78 is 25.0. The van der Waals surface area contributed by atoms with Crippen LogP contribution in [0.1, 0.15) is 19.4 Å². The van der Waals surface area contributed by atoms with Gasteiger partial charge in [-0.25, -0.2) is 4.39 Å². The molecule has 1 amide bonds. The summed E-state index contributed by atoms with van der Waals surface area (Å²) in [6.45, 7) is 3.43. The van der Waals surface area contributed by atoms with E-state index in [0.717, 1.165) is 5.56 Å². The molecule has 7 nitrogen and oxygen atoms in total. The van der Waals surface area contributed by atoms with E-state index in [2.05, 4.69) is 5.32 Å². The van der Waals surface area contributed by atoms with Crippen molar-refractivity contribution in [2.24, 2.45) is 0 Å². The first-order valence-electron chi connectivity index (χ1n) is 9.76. The maximum absolute atomic E-state index is 13.8. The highest BCUT2D eigenvalue weighted by Crippen LogP contribution is 2.31. The maximum atomic E-state index is 13.8. The Bertz CT molecular complexity index is 892. The van der Waals surface area contributed by atoms with Crippen LogP contribution >= 0.6 is 0 Å². The summed E-state index contributed by atoms with van der Waals surface area (Å²) in [5.41, 5.74) is 2.21. The first-order valence-corrected chi connectivity index (χ1v) is 9.76. The predicted molar refractivity (Wildman–Crippen MR) is 107 cm³/mol. The molecule has 0 aromatic heterocycles. The number of rotatable bonds is 6. The third-order valence-corrected chi connectivity index (χ3v) is 5.05. The summed E-state index contributed by atoms with van der Waals surface area (Å²) in [6.07, 6.45) is -5.45. The van der Waals surface area contributed by atoms with Crippen LogP contribution in [0, 0.1) is 5.82 Å². The number of hydrogen-bond acceptors (Lipinski definition) is 6. The fraction of sp³-hybridized carbons (Fsp3) is 0.409. The highest BCUT2D eigenvalue weighted by molar-refractivity contribution is 5.73. The number of aliphatic hydroxyl groups is 3. The molecule has 4 N–H and O–H groups in total. The lowest BCUT2D eigenvalue weighted by Gasteiger charge is -2.38. The topological polar surface area (TPSA) is 108 Å². The van der Waals surface area contributed by atoms with E-state index in [4.69, 9.17) is 9.47 Å². The van der Waals surface area contributed by atoms with Crippen molar-refractivity contribution in [3.8, 4) is 16.9 Å². The van der Waals surface area contributed by atoms with Gasteiger partial charge in [-0.1, -0.05) is 18.2 Å². The molecule has 30 heavy (non-hydrogen) atoms. The number of benzene rings is 2. The van der Waals surface area contributed by atoms with Gasteiger partial charge in [-0.3, -0.25) is 4.79 Å². The van der Waals surface area contributed by atoms with Gasteiger partial charge in [-0.05, 0) is 54.3 Å². The Kier molecular flexibility index (Phi) is 7.04. The van der Waals surface area contributed by atoms with Crippen LogP contribution in [0.3, 0.4) is 0 Å². The summed E-state index contributed by atoms with van der Waals surface area (Å²) in [7, 11) is 0. The Hall–Kier alpha value is -2.52. The van der Waals surface area contributed by atoms with Gasteiger partial charge in [0.05, 0.1) is 6.10 Å². The SMILES string of the molecule is CC(=O)NCCc1ccc(O[C@@H]2O[C@@H](C)[C@H](O)[C@@H](O)[C@H]2O)cc1-c1cccc(F)c1. The van der Waals surface area contributed by atoms with Crippen molar-refractivity contribution in [1.82, 2.24) is 5.32 Å². The summed E-state index contributed by atoms with van der Waals surface area (Å²) in [6, 6.07) is 11.3. The zero-order valence-electron chi connectivity index (χ0n) is 16.8. The van der Waals surface area contributed by atoms with E-state index in [1.165, 1.54) is 19.1 Å². The van der Waals surface area contributed by atoms with Crippen LogP contribution in [0.15, 0.2) is 42.5 Å². The molecule has 0 unspecified atom stereocenters. The molecule has 1 heterocycles. The van der Waals surface area contributed by atoms with Crippen molar-refractivity contribution in [2.45, 2.75) is 51.0 Å². The number of carbonyl (C=O) groups is 1. The molecule has 1 fully saturated rings. The monoisotopic (exact) mass is 419 g/mol. The molecule has 3 rings (SSSR count). The van der Waals surface area contributed by atoms with Gasteiger partial charge in [0, 0.05) is 13.5 Å². The minimum absolute atomic E-state index is 0.138. The molecule has 0 radical (unpaired) electrons. The third kappa shape index (κ3) is 5.14. The van der Waals surface area contributed by atoms with Crippen molar-refractivity contribution in [3.05, 3.63) is 53.8 Å². The maximum Gasteiger partial charge on any atom is 0.229 e. The molecular formula is C22H26FNO6. The molecular weight excluding hydrogens is 393 g/mol. The lowest BCUT2D eigenvalue weighted by molar-refractivity contribution is -0.268. The van der Waals surface area contributed by atoms with Crippen LogP contribution in [0.25, 0.3) is 11.1 Å². The second-order valence-corrected chi connectivity index (χ2v) is 7.36. The van der Waals surface area contributed by atoms with Gasteiger partial charge in [0.15, 0.2) is 0 Å². The van der Waals surface area contributed by atoms with E-state index in [1.807, 2.05) is 0 Å². The Morgan fingerprint density at radius 3 is 2.60 bits per heavy atom. The second-order valence-electron chi connectivity index (χ2n) is 7.36. The van der Waals surface area contributed by atoms with Crippen LogP contribution < -0.4 is 10.1 Å². The molecule has 0 aliphatic carbocycles. The second kappa shape index (κ2) is 9.53. The fourth-order valence-electron chi connectivity index (χ4n) is 3.39. The van der Waals surface area contributed by atoms with Crippen LogP contribution in [0.5, 0.6) is 5.75 Å². The number of ether oxygens (including phenoxy) is 2. The molecule has 2 aromatic rings. The fourth-order valence-corrected chi connectivity index (χ4v) is 3.39. The molecule has 1 aliphatic heterocycles. The lowest BCUT2D eigenvalue weighted by Crippen LogP contribution is -2.58. The van der Waals surface area contributed by atoms with Crippen molar-refractivity contribution in [1.29, 1.82) is 0 Å². The molecule has 0 spiro atoms. The molecule has 1 aliphatic rings. The predicted octanol–water partition coefficient (Wildman–Crippen LogP) is 1.38. The van der Waals surface area contributed by atoms with Gasteiger partial charge in [0.1, 0.15) is 29.9 Å². The molecule has 0 saturated carbocycles. The van der Waals surface area contributed by atoms with Crippen LogP contribution in [0.4, 0.5) is 4.39 Å². The van der Waals surface area contributed by atoms with E-state index in [9.17, 15) is 24.5 Å². The van der Waals surface area contributed by atoms with Gasteiger partial charge in [0.2, 0.25) is 12.2 Å². The number of amides is 1. The largest absolute Gasteiger partial charge is 0.462 e. The molecule has 162 valence electrons. The molecule has 0 bridgehead atoms. The van der Waals surface area contributed by atoms with Crippen LogP contribution in [0.2, 0.25) is 0 Å². The van der Waals surface area contributed by atoms with Gasteiger partial charge >= 0.3 is 0 Å². The minimum Gasteiger partial charge on any atom is -0.462 e. The van der Waals surface area contributed by atoms with Crippen molar-refractivity contribution < 1.29 is 34.0 Å². The zero-order valence-corrected chi connectivity index (χ0v) is 16.8. The van der Waals surface area contributed by atoms with Crippen molar-refractivity contribution in [2.75, 3.05) is 6.54 Å². The smallest absolute Gasteiger partial charge is 0.229 e. The number of nitrogens with one attached hydrogen (secondary N) is 1. The number of aliphatic hydroxyl groups excluding tert-OH is 3. The van der Waals surface area contributed by atoms with Crippen LogP contribution in [-0.2, 0) is 16.0 Å². The molecule has 8 heteroatoms. The Morgan fingerprint density at radius 1 is 1.13 bits per heavy atom. The first kappa shape index (κ1) is 22.2. The summed E-state index contributed by atoms with van der Waals surface area (Å²) in [5, 5.41) is 32.7. The average molecular weight is 419 g/mol. The lowest BCUT2D eigenvalue weighted by atomic mass is 9.97. The van der Waals surface area contributed by atoms with E-state index in [0.29, 0.717) is 29.8 Å². The van der Waals surface area contributed by atoms with E-state index in [1.54, 1.807) is 37.3 Å². The quantitative estimate of drug-likeness (QED) is 0.564. The van der Waals surface area contributed by atoms with Gasteiger partial charge < -0.3 is 30.1 Å². The highest BCUT2D eigenvalue weighted by Gasteiger charge is 2.43. The normalized spacial score (nSPS) is 26.3. The zero-order chi connectivity index (χ0) is 21.8. The van der Waals surface area contributed by atoms with E-state index >= 15 is 0 Å². The summed E-state index contributed by atoms with van der Waals surface area (Å²) in [5.74, 6) is -0.179. The van der Waals surface area contributed by atoms with Gasteiger partial charge in [-0.2, -0.15) is 0 Å². The average Bonchev–Trinajstić information content (AvgIpc) is 2.71. The Morgan fingerprint density at radius 2 is 1.90 bits per heavy atom. The summed E-state index contributed by atoms with van der Waals surface area (Å²) >= 11 is 0. The van der Waals surface area contributed by atoms with Gasteiger partial charge in [0.25, 0.3) is 0 Å². The third-order valence-electron chi connectivity index (χ3n) is 5.05. The Balaban J connectivity index is 1.87. The number of carbonyl (C=O) groups excluding carboxylic acids is 1. The Labute approximate surface area is 174 Å². The minimum atomic E-state index is -1.44. The van der Waals surface area contributed by atoms with Crippen molar-refractivity contribution in [3.63, 3.8) is 0 Å². The number of halogens is 1. The molecule has 5 atom stereocenters. The van der Waals surface area contributed by atoms with Crippen molar-refractivity contribution >= 4 is 5.91 Å². The first-order chi connectivity index (χ1) is 14.3. The molecule has 1 saturated heterocycles.